The largest absolute Gasteiger partial charge is 0.480 e. The van der Waals surface area contributed by atoms with Crippen molar-refractivity contribution in [2.75, 3.05) is 12.3 Å². The van der Waals surface area contributed by atoms with Crippen LogP contribution in [0.5, 0.6) is 0 Å². The Morgan fingerprint density at radius 3 is 2.53 bits per heavy atom. The molecular formula is C35H50N2O5S. The van der Waals surface area contributed by atoms with E-state index in [9.17, 15) is 19.5 Å². The van der Waals surface area contributed by atoms with Gasteiger partial charge in [-0.3, -0.25) is 4.79 Å². The normalized spacial score (nSPS) is 22.5. The summed E-state index contributed by atoms with van der Waals surface area (Å²) in [5, 5.41) is 13.1. The summed E-state index contributed by atoms with van der Waals surface area (Å²) in [5.41, 5.74) is 1.59. The third-order valence-electron chi connectivity index (χ3n) is 8.08. The molecule has 0 saturated carbocycles. The van der Waals surface area contributed by atoms with Gasteiger partial charge in [0.15, 0.2) is 0 Å². The molecule has 4 atom stereocenters. The summed E-state index contributed by atoms with van der Waals surface area (Å²) in [6, 6.07) is 8.42. The van der Waals surface area contributed by atoms with Crippen LogP contribution >= 0.6 is 11.8 Å². The van der Waals surface area contributed by atoms with Crippen molar-refractivity contribution in [3.05, 3.63) is 66.8 Å². The number of thioether (sulfide) groups is 1. The number of nitrogens with one attached hydrogen (secondary N) is 1. The summed E-state index contributed by atoms with van der Waals surface area (Å²) in [5.74, 6) is -0.376. The first-order valence-corrected chi connectivity index (χ1v) is 16.7. The molecule has 2 N–H and O–H groups in total. The van der Waals surface area contributed by atoms with Crippen LogP contribution in [0.15, 0.2) is 61.2 Å². The minimum absolute atomic E-state index is 0.0811. The van der Waals surface area contributed by atoms with Gasteiger partial charge in [0, 0.05) is 11.3 Å². The number of hydrogen-bond donors (Lipinski definition) is 2. The predicted molar refractivity (Wildman–Crippen MR) is 176 cm³/mol. The molecule has 8 heteroatoms. The molecule has 0 radical (unpaired) electrons. The number of amides is 2. The highest BCUT2D eigenvalue weighted by atomic mass is 32.2. The number of benzene rings is 1. The summed E-state index contributed by atoms with van der Waals surface area (Å²) in [7, 11) is 0. The molecule has 0 spiro atoms. The number of aliphatic carboxylic acids is 1. The fourth-order valence-electron chi connectivity index (χ4n) is 5.83. The third-order valence-corrected chi connectivity index (χ3v) is 9.75. The van der Waals surface area contributed by atoms with Crippen molar-refractivity contribution in [1.29, 1.82) is 0 Å². The van der Waals surface area contributed by atoms with E-state index in [-0.39, 0.29) is 11.8 Å². The third kappa shape index (κ3) is 10.0. The number of hydrogen-bond acceptors (Lipinski definition) is 5. The van der Waals surface area contributed by atoms with Crippen LogP contribution in [0.1, 0.15) is 91.0 Å². The molecule has 1 saturated heterocycles. The molecule has 1 unspecified atom stereocenters. The molecule has 2 aliphatic rings. The van der Waals surface area contributed by atoms with E-state index in [2.05, 4.69) is 49.2 Å². The minimum Gasteiger partial charge on any atom is -0.480 e. The molecule has 7 nitrogen and oxygen atoms in total. The molecule has 43 heavy (non-hydrogen) atoms. The lowest BCUT2D eigenvalue weighted by molar-refractivity contribution is -0.149. The Kier molecular flexibility index (Phi) is 13.0. The fraction of sp³-hybridized carbons (Fsp3) is 0.571. The van der Waals surface area contributed by atoms with Crippen molar-refractivity contribution in [3.63, 3.8) is 0 Å². The van der Waals surface area contributed by atoms with Crippen LogP contribution in [0.3, 0.4) is 0 Å². The van der Waals surface area contributed by atoms with Gasteiger partial charge in [0.2, 0.25) is 5.91 Å². The van der Waals surface area contributed by atoms with Crippen LogP contribution in [0, 0.1) is 5.92 Å². The first-order chi connectivity index (χ1) is 20.5. The zero-order valence-electron chi connectivity index (χ0n) is 26.3. The molecule has 0 bridgehead atoms. The van der Waals surface area contributed by atoms with Gasteiger partial charge in [0.1, 0.15) is 17.7 Å². The zero-order chi connectivity index (χ0) is 31.5. The number of rotatable bonds is 15. The number of likely N-dealkylation sites (tertiary alicyclic amines) is 1. The Labute approximate surface area is 262 Å². The van der Waals surface area contributed by atoms with Crippen LogP contribution in [-0.2, 0) is 14.3 Å². The second-order valence-electron chi connectivity index (χ2n) is 12.6. The molecular weight excluding hydrogens is 560 g/mol. The Bertz CT molecular complexity index is 1160. The summed E-state index contributed by atoms with van der Waals surface area (Å²) in [6.07, 6.45) is 14.9. The molecule has 1 aromatic carbocycles. The van der Waals surface area contributed by atoms with Crippen LogP contribution in [0.25, 0.3) is 5.57 Å². The SMILES string of the molecule is C=CCCCCC[C@H](NC(=O)OC(C)(C)C)C(=O)N1C[C@](SCCCC)(C2C=CC(c3ccccc3)=CC2)C[C@H]1C(=O)O. The summed E-state index contributed by atoms with van der Waals surface area (Å²) >= 11 is 1.80. The number of unbranched alkanes of at least 4 members (excludes halogenated alkanes) is 4. The van der Waals surface area contributed by atoms with Crippen molar-refractivity contribution < 1.29 is 24.2 Å². The Morgan fingerprint density at radius 2 is 1.93 bits per heavy atom. The maximum atomic E-state index is 14.2. The van der Waals surface area contributed by atoms with E-state index >= 15 is 0 Å². The smallest absolute Gasteiger partial charge is 0.408 e. The molecule has 1 heterocycles. The second kappa shape index (κ2) is 16.2. The molecule has 1 fully saturated rings. The molecule has 3 rings (SSSR count). The van der Waals surface area contributed by atoms with E-state index in [1.165, 1.54) is 4.90 Å². The standard InChI is InChI=1S/C35H50N2O5S/c1-6-8-10-11-15-18-29(36-33(41)42-34(3,4)5)31(38)37-25-35(43-23-9-7-2,24-30(37)32(39)40)28-21-19-27(20-22-28)26-16-13-12-14-17-26/h6,12-14,16-17,19-21,28-30H,1,7-11,15,18,22-25H2,2-5H3,(H,36,41)(H,39,40)/t28?,29-,30-,35-/m0/s1. The first-order valence-electron chi connectivity index (χ1n) is 15.7. The van der Waals surface area contributed by atoms with E-state index < -0.39 is 34.5 Å². The maximum absolute atomic E-state index is 14.2. The maximum Gasteiger partial charge on any atom is 0.408 e. The van der Waals surface area contributed by atoms with Gasteiger partial charge in [-0.05, 0) is 82.1 Å². The number of carboxylic acids is 1. The highest BCUT2D eigenvalue weighted by Crippen LogP contribution is 2.48. The van der Waals surface area contributed by atoms with Gasteiger partial charge in [-0.25, -0.2) is 9.59 Å². The molecule has 1 aliphatic carbocycles. The highest BCUT2D eigenvalue weighted by molar-refractivity contribution is 8.00. The summed E-state index contributed by atoms with van der Waals surface area (Å²) in [4.78, 5) is 41.1. The van der Waals surface area contributed by atoms with Crippen molar-refractivity contribution >= 4 is 35.3 Å². The van der Waals surface area contributed by atoms with Crippen LogP contribution in [0.4, 0.5) is 4.79 Å². The first kappa shape index (κ1) is 34.5. The topological polar surface area (TPSA) is 95.9 Å². The van der Waals surface area contributed by atoms with Crippen LogP contribution in [0.2, 0.25) is 0 Å². The number of allylic oxidation sites excluding steroid dienone is 5. The Balaban J connectivity index is 1.86. The molecule has 1 aromatic rings. The van der Waals surface area contributed by atoms with Gasteiger partial charge >= 0.3 is 12.1 Å². The Hall–Kier alpha value is -3.00. The monoisotopic (exact) mass is 610 g/mol. The van der Waals surface area contributed by atoms with E-state index in [0.29, 0.717) is 19.4 Å². The second-order valence-corrected chi connectivity index (χ2v) is 14.2. The van der Waals surface area contributed by atoms with Crippen molar-refractivity contribution in [2.24, 2.45) is 5.92 Å². The van der Waals surface area contributed by atoms with Gasteiger partial charge in [0.05, 0.1) is 0 Å². The molecule has 1 aliphatic heterocycles. The van der Waals surface area contributed by atoms with Crippen molar-refractivity contribution in [3.8, 4) is 0 Å². The van der Waals surface area contributed by atoms with Crippen LogP contribution in [-0.4, -0.2) is 62.7 Å². The molecule has 236 valence electrons. The van der Waals surface area contributed by atoms with E-state index in [0.717, 1.165) is 61.8 Å². The van der Waals surface area contributed by atoms with E-state index in [1.807, 2.05) is 24.3 Å². The van der Waals surface area contributed by atoms with Gasteiger partial charge in [-0.15, -0.1) is 6.58 Å². The average molecular weight is 611 g/mol. The fourth-order valence-corrected chi connectivity index (χ4v) is 7.56. The lowest BCUT2D eigenvalue weighted by Gasteiger charge is -2.37. The molecule has 0 aromatic heterocycles. The van der Waals surface area contributed by atoms with E-state index in [1.54, 1.807) is 32.5 Å². The predicted octanol–water partition coefficient (Wildman–Crippen LogP) is 7.63. The Morgan fingerprint density at radius 1 is 1.19 bits per heavy atom. The number of carbonyl (C=O) groups excluding carboxylic acids is 2. The summed E-state index contributed by atoms with van der Waals surface area (Å²) in [6.45, 7) is 11.6. The number of alkyl carbamates (subject to hydrolysis) is 1. The summed E-state index contributed by atoms with van der Waals surface area (Å²) < 4.78 is 5.04. The quantitative estimate of drug-likeness (QED) is 0.157. The van der Waals surface area contributed by atoms with Crippen molar-refractivity contribution in [1.82, 2.24) is 10.2 Å². The minimum atomic E-state index is -1.01. The highest BCUT2D eigenvalue weighted by Gasteiger charge is 2.53. The van der Waals surface area contributed by atoms with Gasteiger partial charge in [-0.2, -0.15) is 11.8 Å². The van der Waals surface area contributed by atoms with Gasteiger partial charge < -0.3 is 20.1 Å². The zero-order valence-corrected chi connectivity index (χ0v) is 27.2. The van der Waals surface area contributed by atoms with Gasteiger partial charge in [-0.1, -0.05) is 80.8 Å². The van der Waals surface area contributed by atoms with Crippen molar-refractivity contribution in [2.45, 2.75) is 108 Å². The van der Waals surface area contributed by atoms with E-state index in [4.69, 9.17) is 4.74 Å². The van der Waals surface area contributed by atoms with Gasteiger partial charge in [0.25, 0.3) is 0 Å². The number of carboxylic acid groups (broad SMARTS) is 1. The lowest BCUT2D eigenvalue weighted by atomic mass is 9.82. The number of ether oxygens (including phenoxy) is 1. The number of nitrogens with zero attached hydrogens (tertiary/aromatic N) is 1. The average Bonchev–Trinajstić information content (AvgIpc) is 3.37. The number of carbonyl (C=O) groups is 3. The van der Waals surface area contributed by atoms with Crippen LogP contribution < -0.4 is 5.32 Å². The lowest BCUT2D eigenvalue weighted by Crippen LogP contribution is -2.53. The molecule has 2 amide bonds.